The van der Waals surface area contributed by atoms with E-state index >= 15 is 0 Å². The summed E-state index contributed by atoms with van der Waals surface area (Å²) in [5.41, 5.74) is 2.21. The number of carbonyl (C=O) groups excluding carboxylic acids is 1. The third kappa shape index (κ3) is 7.37. The van der Waals surface area contributed by atoms with E-state index in [0.717, 1.165) is 5.56 Å². The standard InChI is InChI=1S/C31H24ClFN2O4/c1-37-29-17-22(16-27(32)30(29)39-20-23-9-5-6-10-28(23)33)15-24(18-34)31(36)35-25-11-13-26(14-12-25)38-19-21-7-3-2-4-8-21/h2-17H,19-20H2,1H3,(H,35,36)/b24-15+. The number of rotatable bonds is 10. The van der Waals surface area contributed by atoms with Crippen molar-refractivity contribution in [1.82, 2.24) is 0 Å². The maximum absolute atomic E-state index is 13.9. The van der Waals surface area contributed by atoms with Crippen LogP contribution in [-0.4, -0.2) is 13.0 Å². The molecule has 1 amide bonds. The second kappa shape index (κ2) is 13.1. The van der Waals surface area contributed by atoms with Gasteiger partial charge in [0.15, 0.2) is 11.5 Å². The molecule has 0 spiro atoms. The molecule has 0 atom stereocenters. The van der Waals surface area contributed by atoms with Crippen molar-refractivity contribution in [3.8, 4) is 23.3 Å². The van der Waals surface area contributed by atoms with Gasteiger partial charge in [-0.25, -0.2) is 4.39 Å². The molecule has 196 valence electrons. The molecule has 8 heteroatoms. The Morgan fingerprint density at radius 2 is 1.69 bits per heavy atom. The van der Waals surface area contributed by atoms with Crippen LogP contribution in [0.3, 0.4) is 0 Å². The maximum atomic E-state index is 13.9. The Kier molecular flexibility index (Phi) is 9.17. The number of carbonyl (C=O) groups is 1. The van der Waals surface area contributed by atoms with Gasteiger partial charge in [-0.2, -0.15) is 5.26 Å². The highest BCUT2D eigenvalue weighted by molar-refractivity contribution is 6.32. The van der Waals surface area contributed by atoms with E-state index in [4.69, 9.17) is 25.8 Å². The molecule has 4 aromatic carbocycles. The number of benzene rings is 4. The Labute approximate surface area is 230 Å². The van der Waals surface area contributed by atoms with E-state index in [-0.39, 0.29) is 28.7 Å². The molecule has 0 unspecified atom stereocenters. The molecule has 6 nitrogen and oxygen atoms in total. The van der Waals surface area contributed by atoms with Gasteiger partial charge in [-0.05, 0) is 59.7 Å². The van der Waals surface area contributed by atoms with Crippen molar-refractivity contribution in [2.24, 2.45) is 0 Å². The first-order chi connectivity index (χ1) is 19.0. The van der Waals surface area contributed by atoms with Crippen molar-refractivity contribution in [3.63, 3.8) is 0 Å². The highest BCUT2D eigenvalue weighted by Crippen LogP contribution is 2.37. The minimum atomic E-state index is -0.592. The zero-order chi connectivity index (χ0) is 27.6. The van der Waals surface area contributed by atoms with E-state index in [0.29, 0.717) is 29.2 Å². The second-order valence-electron chi connectivity index (χ2n) is 8.34. The highest BCUT2D eigenvalue weighted by atomic mass is 35.5. The number of methoxy groups -OCH3 is 1. The largest absolute Gasteiger partial charge is 0.493 e. The van der Waals surface area contributed by atoms with Gasteiger partial charge in [0.05, 0.1) is 12.1 Å². The van der Waals surface area contributed by atoms with Gasteiger partial charge in [-0.3, -0.25) is 4.79 Å². The van der Waals surface area contributed by atoms with Crippen molar-refractivity contribution in [2.45, 2.75) is 13.2 Å². The normalized spacial score (nSPS) is 10.9. The molecule has 4 aromatic rings. The Hall–Kier alpha value is -4.80. The van der Waals surface area contributed by atoms with Crippen molar-refractivity contribution in [1.29, 1.82) is 5.26 Å². The van der Waals surface area contributed by atoms with Gasteiger partial charge in [-0.1, -0.05) is 60.1 Å². The molecule has 0 saturated heterocycles. The third-order valence-electron chi connectivity index (χ3n) is 5.62. The fourth-order valence-electron chi connectivity index (χ4n) is 3.62. The average Bonchev–Trinajstić information content (AvgIpc) is 2.96. The van der Waals surface area contributed by atoms with Crippen LogP contribution in [0.5, 0.6) is 17.2 Å². The number of halogens is 2. The van der Waals surface area contributed by atoms with Crippen LogP contribution in [0, 0.1) is 17.1 Å². The number of hydrogen-bond donors (Lipinski definition) is 1. The van der Waals surface area contributed by atoms with Crippen LogP contribution in [0.1, 0.15) is 16.7 Å². The lowest BCUT2D eigenvalue weighted by molar-refractivity contribution is -0.112. The van der Waals surface area contributed by atoms with Crippen LogP contribution in [0.15, 0.2) is 96.6 Å². The van der Waals surface area contributed by atoms with Crippen LogP contribution in [-0.2, 0) is 18.0 Å². The summed E-state index contributed by atoms with van der Waals surface area (Å²) in [7, 11) is 1.43. The fraction of sp³-hybridized carbons (Fsp3) is 0.0968. The zero-order valence-corrected chi connectivity index (χ0v) is 21.7. The van der Waals surface area contributed by atoms with Crippen LogP contribution in [0.4, 0.5) is 10.1 Å². The molecule has 0 aliphatic carbocycles. The van der Waals surface area contributed by atoms with E-state index in [9.17, 15) is 14.4 Å². The predicted octanol–water partition coefficient (Wildman–Crippen LogP) is 7.19. The Morgan fingerprint density at radius 3 is 2.38 bits per heavy atom. The van der Waals surface area contributed by atoms with Crippen LogP contribution >= 0.6 is 11.6 Å². The van der Waals surface area contributed by atoms with Gasteiger partial charge < -0.3 is 19.5 Å². The molecular formula is C31H24ClFN2O4. The maximum Gasteiger partial charge on any atom is 0.266 e. The SMILES string of the molecule is COc1cc(/C=C(\C#N)C(=O)Nc2ccc(OCc3ccccc3)cc2)cc(Cl)c1OCc1ccccc1F. The van der Waals surface area contributed by atoms with Gasteiger partial charge in [0.2, 0.25) is 0 Å². The summed E-state index contributed by atoms with van der Waals surface area (Å²) in [5.74, 6) is 0.148. The van der Waals surface area contributed by atoms with Crippen LogP contribution < -0.4 is 19.5 Å². The summed E-state index contributed by atoms with van der Waals surface area (Å²) in [6.07, 6.45) is 1.39. The van der Waals surface area contributed by atoms with E-state index in [1.165, 1.54) is 25.3 Å². The van der Waals surface area contributed by atoms with E-state index in [1.54, 1.807) is 48.5 Å². The third-order valence-corrected chi connectivity index (χ3v) is 5.90. The first-order valence-corrected chi connectivity index (χ1v) is 12.3. The monoisotopic (exact) mass is 542 g/mol. The Balaban J connectivity index is 1.43. The lowest BCUT2D eigenvalue weighted by Gasteiger charge is -2.14. The highest BCUT2D eigenvalue weighted by Gasteiger charge is 2.15. The number of nitrogens with one attached hydrogen (secondary N) is 1. The predicted molar refractivity (Wildman–Crippen MR) is 148 cm³/mol. The summed E-state index contributed by atoms with van der Waals surface area (Å²) in [6.45, 7) is 0.368. The summed E-state index contributed by atoms with van der Waals surface area (Å²) in [4.78, 5) is 12.8. The number of ether oxygens (including phenoxy) is 3. The second-order valence-corrected chi connectivity index (χ2v) is 8.74. The number of nitrogens with zero attached hydrogens (tertiary/aromatic N) is 1. The number of anilines is 1. The smallest absolute Gasteiger partial charge is 0.266 e. The molecule has 39 heavy (non-hydrogen) atoms. The van der Waals surface area contributed by atoms with Gasteiger partial charge in [0.1, 0.15) is 36.4 Å². The molecule has 0 aromatic heterocycles. The lowest BCUT2D eigenvalue weighted by Crippen LogP contribution is -2.13. The van der Waals surface area contributed by atoms with Gasteiger partial charge in [0, 0.05) is 11.3 Å². The zero-order valence-electron chi connectivity index (χ0n) is 21.0. The summed E-state index contributed by atoms with van der Waals surface area (Å²) >= 11 is 6.41. The molecule has 0 bridgehead atoms. The quantitative estimate of drug-likeness (QED) is 0.169. The van der Waals surface area contributed by atoms with Crippen molar-refractivity contribution in [3.05, 3.63) is 124 Å². The number of nitriles is 1. The molecule has 4 rings (SSSR count). The Bertz CT molecular complexity index is 1520. The van der Waals surface area contributed by atoms with Gasteiger partial charge >= 0.3 is 0 Å². The fourth-order valence-corrected chi connectivity index (χ4v) is 3.89. The molecule has 0 heterocycles. The molecule has 1 N–H and O–H groups in total. The van der Waals surface area contributed by atoms with E-state index in [2.05, 4.69) is 5.32 Å². The summed E-state index contributed by atoms with van der Waals surface area (Å²) in [5, 5.41) is 12.5. The van der Waals surface area contributed by atoms with Gasteiger partial charge in [-0.15, -0.1) is 0 Å². The molecule has 0 aliphatic rings. The first kappa shape index (κ1) is 27.2. The molecule has 0 fully saturated rings. The Morgan fingerprint density at radius 1 is 0.974 bits per heavy atom. The first-order valence-electron chi connectivity index (χ1n) is 11.9. The van der Waals surface area contributed by atoms with E-state index in [1.807, 2.05) is 36.4 Å². The van der Waals surface area contributed by atoms with Crippen LogP contribution in [0.25, 0.3) is 6.08 Å². The summed E-state index contributed by atoms with van der Waals surface area (Å²) < 4.78 is 30.8. The summed E-state index contributed by atoms with van der Waals surface area (Å²) in [6, 6.07) is 27.9. The minimum absolute atomic E-state index is 0.0557. The molecule has 0 saturated carbocycles. The van der Waals surface area contributed by atoms with E-state index < -0.39 is 11.7 Å². The van der Waals surface area contributed by atoms with Gasteiger partial charge in [0.25, 0.3) is 5.91 Å². The van der Waals surface area contributed by atoms with Crippen LogP contribution in [0.2, 0.25) is 5.02 Å². The molecule has 0 aliphatic heterocycles. The van der Waals surface area contributed by atoms with Crippen molar-refractivity contribution in [2.75, 3.05) is 12.4 Å². The lowest BCUT2D eigenvalue weighted by atomic mass is 10.1. The average molecular weight is 543 g/mol. The molecule has 0 radical (unpaired) electrons. The number of hydrogen-bond acceptors (Lipinski definition) is 5. The molecular weight excluding hydrogens is 519 g/mol. The van der Waals surface area contributed by atoms with Crippen molar-refractivity contribution >= 4 is 29.3 Å². The number of amides is 1. The van der Waals surface area contributed by atoms with Crippen molar-refractivity contribution < 1.29 is 23.4 Å². The topological polar surface area (TPSA) is 80.6 Å². The minimum Gasteiger partial charge on any atom is -0.493 e.